The van der Waals surface area contributed by atoms with Crippen molar-refractivity contribution >= 4 is 31.8 Å². The van der Waals surface area contributed by atoms with E-state index in [0.29, 0.717) is 6.20 Å². The van der Waals surface area contributed by atoms with Gasteiger partial charge in [0.05, 0.1) is 6.20 Å². The summed E-state index contributed by atoms with van der Waals surface area (Å²) in [5, 5.41) is -0.426. The lowest BCUT2D eigenvalue weighted by atomic mass is 10.1. The van der Waals surface area contributed by atoms with Gasteiger partial charge in [-0.3, -0.25) is 0 Å². The Hall–Kier alpha value is -2.26. The maximum absolute atomic E-state index is 12.6. The second-order valence-electron chi connectivity index (χ2n) is 4.97. The molecule has 160 valence electrons. The third-order valence-electron chi connectivity index (χ3n) is 2.98. The Labute approximate surface area is 164 Å². The molecule has 0 saturated carbocycles. The summed E-state index contributed by atoms with van der Waals surface area (Å²) in [6.07, 6.45) is 0.454. The van der Waals surface area contributed by atoms with Gasteiger partial charge in [-0.25, -0.2) is 4.98 Å². The van der Waals surface area contributed by atoms with E-state index < -0.39 is 59.0 Å². The molecule has 7 nitrogen and oxygen atoms in total. The van der Waals surface area contributed by atoms with Gasteiger partial charge in [0.15, 0.2) is 11.5 Å². The minimum Gasteiger partial charge on any atom is -0.375 e. The van der Waals surface area contributed by atoms with Crippen molar-refractivity contribution in [2.24, 2.45) is 0 Å². The molecular formula is C13H6ClF6NO6S2. The summed E-state index contributed by atoms with van der Waals surface area (Å²) in [5.74, 6) is -2.08. The van der Waals surface area contributed by atoms with Crippen LogP contribution in [0.15, 0.2) is 36.5 Å². The number of aromatic nitrogens is 1. The van der Waals surface area contributed by atoms with E-state index in [1.54, 1.807) is 0 Å². The average Bonchev–Trinajstić information content (AvgIpc) is 2.54. The van der Waals surface area contributed by atoms with Crippen LogP contribution in [0.2, 0.25) is 5.15 Å². The molecule has 1 heterocycles. The van der Waals surface area contributed by atoms with Crippen LogP contribution in [0, 0.1) is 0 Å². The van der Waals surface area contributed by atoms with Crippen molar-refractivity contribution < 1.29 is 51.5 Å². The first-order chi connectivity index (χ1) is 13.1. The van der Waals surface area contributed by atoms with Crippen LogP contribution in [0.3, 0.4) is 0 Å². The van der Waals surface area contributed by atoms with E-state index in [-0.39, 0.29) is 0 Å². The molecule has 0 fully saturated rings. The van der Waals surface area contributed by atoms with E-state index in [1.165, 1.54) is 0 Å². The molecule has 0 aliphatic heterocycles. The number of halogens is 7. The van der Waals surface area contributed by atoms with Crippen LogP contribution in [0.5, 0.6) is 11.5 Å². The van der Waals surface area contributed by atoms with Gasteiger partial charge in [-0.15, -0.1) is 0 Å². The fourth-order valence-electron chi connectivity index (χ4n) is 1.79. The third kappa shape index (κ3) is 5.02. The molecule has 0 saturated heterocycles. The SMILES string of the molecule is O=S(=O)(Oc1ccccc1-c1cc(Cl)ncc1OS(=O)(=O)C(F)(F)F)C(F)(F)F. The molecule has 29 heavy (non-hydrogen) atoms. The highest BCUT2D eigenvalue weighted by Gasteiger charge is 2.50. The third-order valence-corrected chi connectivity index (χ3v) is 5.12. The summed E-state index contributed by atoms with van der Waals surface area (Å²) in [6.45, 7) is 0. The standard InChI is InChI=1S/C13H6ClF6NO6S2/c14-11-5-8(10(6-21-11)27-29(24,25)13(18,19)20)7-3-1-2-4-9(7)26-28(22,23)12(15,16)17/h1-6H. The fraction of sp³-hybridized carbons (Fsp3) is 0.154. The predicted octanol–water partition coefficient (Wildman–Crippen LogP) is 3.86. The lowest BCUT2D eigenvalue weighted by Gasteiger charge is -2.16. The van der Waals surface area contributed by atoms with Crippen molar-refractivity contribution in [2.75, 3.05) is 0 Å². The molecular weight excluding hydrogens is 480 g/mol. The van der Waals surface area contributed by atoms with Crippen molar-refractivity contribution in [1.82, 2.24) is 4.98 Å². The van der Waals surface area contributed by atoms with Gasteiger partial charge in [0.1, 0.15) is 5.15 Å². The number of hydrogen-bond acceptors (Lipinski definition) is 7. The molecule has 0 aliphatic carbocycles. The van der Waals surface area contributed by atoms with Gasteiger partial charge in [-0.05, 0) is 12.1 Å². The maximum Gasteiger partial charge on any atom is 0.534 e. The molecule has 1 aromatic heterocycles. The van der Waals surface area contributed by atoms with Crippen LogP contribution in [0.25, 0.3) is 11.1 Å². The zero-order chi connectivity index (χ0) is 22.3. The van der Waals surface area contributed by atoms with E-state index in [1.807, 2.05) is 0 Å². The molecule has 1 aromatic carbocycles. The van der Waals surface area contributed by atoms with Gasteiger partial charge >= 0.3 is 31.3 Å². The minimum atomic E-state index is -6.19. The monoisotopic (exact) mass is 485 g/mol. The molecule has 16 heteroatoms. The smallest absolute Gasteiger partial charge is 0.375 e. The Balaban J connectivity index is 2.64. The lowest BCUT2D eigenvalue weighted by Crippen LogP contribution is -2.28. The summed E-state index contributed by atoms with van der Waals surface area (Å²) >= 11 is 5.61. The minimum absolute atomic E-state index is 0.426. The Morgan fingerprint density at radius 1 is 0.793 bits per heavy atom. The molecule has 0 aliphatic rings. The van der Waals surface area contributed by atoms with Gasteiger partial charge in [-0.1, -0.05) is 29.8 Å². The van der Waals surface area contributed by atoms with Crippen molar-refractivity contribution in [3.8, 4) is 22.6 Å². The fourth-order valence-corrected chi connectivity index (χ4v) is 2.88. The molecule has 0 N–H and O–H groups in total. The second-order valence-corrected chi connectivity index (χ2v) is 8.43. The van der Waals surface area contributed by atoms with Crippen molar-refractivity contribution in [3.05, 3.63) is 41.7 Å². The number of nitrogens with zero attached hydrogens (tertiary/aromatic N) is 1. The summed E-state index contributed by atoms with van der Waals surface area (Å²) in [7, 11) is -12.3. The number of alkyl halides is 6. The molecule has 0 bridgehead atoms. The van der Waals surface area contributed by atoms with Crippen LogP contribution in [-0.2, 0) is 20.2 Å². The average molecular weight is 486 g/mol. The first-order valence-corrected chi connectivity index (χ1v) is 10.0. The van der Waals surface area contributed by atoms with E-state index in [0.717, 1.165) is 30.3 Å². The van der Waals surface area contributed by atoms with Crippen molar-refractivity contribution in [1.29, 1.82) is 0 Å². The molecule has 0 radical (unpaired) electrons. The quantitative estimate of drug-likeness (QED) is 0.274. The normalized spacial score (nSPS) is 13.2. The van der Waals surface area contributed by atoms with Gasteiger partial charge in [0.25, 0.3) is 0 Å². The Kier molecular flexibility index (Phi) is 5.98. The van der Waals surface area contributed by atoms with Gasteiger partial charge < -0.3 is 8.37 Å². The largest absolute Gasteiger partial charge is 0.534 e. The number of para-hydroxylation sites is 1. The lowest BCUT2D eigenvalue weighted by molar-refractivity contribution is -0.0505. The van der Waals surface area contributed by atoms with E-state index in [9.17, 15) is 43.2 Å². The van der Waals surface area contributed by atoms with Crippen molar-refractivity contribution in [3.63, 3.8) is 0 Å². The Morgan fingerprint density at radius 2 is 1.28 bits per heavy atom. The summed E-state index contributed by atoms with van der Waals surface area (Å²) in [4.78, 5) is 3.34. The number of pyridine rings is 1. The van der Waals surface area contributed by atoms with Gasteiger partial charge in [0.2, 0.25) is 0 Å². The van der Waals surface area contributed by atoms with Crippen LogP contribution in [-0.4, -0.2) is 32.8 Å². The molecule has 2 rings (SSSR count). The van der Waals surface area contributed by atoms with Crippen LogP contribution >= 0.6 is 11.6 Å². The topological polar surface area (TPSA) is 99.6 Å². The maximum atomic E-state index is 12.6. The predicted molar refractivity (Wildman–Crippen MR) is 85.9 cm³/mol. The number of benzene rings is 1. The highest BCUT2D eigenvalue weighted by atomic mass is 35.5. The van der Waals surface area contributed by atoms with E-state index in [4.69, 9.17) is 11.6 Å². The number of rotatable bonds is 5. The molecule has 0 spiro atoms. The molecule has 0 unspecified atom stereocenters. The highest BCUT2D eigenvalue weighted by Crippen LogP contribution is 2.40. The van der Waals surface area contributed by atoms with E-state index >= 15 is 0 Å². The zero-order valence-electron chi connectivity index (χ0n) is 13.3. The Morgan fingerprint density at radius 3 is 1.79 bits per heavy atom. The second kappa shape index (κ2) is 7.53. The molecule has 0 amide bonds. The van der Waals surface area contributed by atoms with Crippen molar-refractivity contribution in [2.45, 2.75) is 11.0 Å². The van der Waals surface area contributed by atoms with Gasteiger partial charge in [-0.2, -0.15) is 43.2 Å². The molecule has 0 atom stereocenters. The van der Waals surface area contributed by atoms with Gasteiger partial charge in [0, 0.05) is 11.1 Å². The van der Waals surface area contributed by atoms with Crippen LogP contribution < -0.4 is 8.37 Å². The van der Waals surface area contributed by atoms with E-state index in [2.05, 4.69) is 13.4 Å². The first-order valence-electron chi connectivity index (χ1n) is 6.81. The number of hydrogen-bond donors (Lipinski definition) is 0. The summed E-state index contributed by atoms with van der Waals surface area (Å²) < 4.78 is 128. The van der Waals surface area contributed by atoms with Crippen LogP contribution in [0.1, 0.15) is 0 Å². The summed E-state index contributed by atoms with van der Waals surface area (Å²) in [5.41, 5.74) is -12.9. The zero-order valence-corrected chi connectivity index (χ0v) is 15.7. The Bertz CT molecular complexity index is 1130. The summed E-state index contributed by atoms with van der Waals surface area (Å²) in [6, 6.07) is 4.62. The highest BCUT2D eigenvalue weighted by molar-refractivity contribution is 7.88. The van der Waals surface area contributed by atoms with Crippen LogP contribution in [0.4, 0.5) is 26.3 Å². The molecule has 2 aromatic rings. The first kappa shape index (κ1) is 23.0.